The molecule has 118 valence electrons. The minimum Gasteiger partial charge on any atom is -0.476 e. The number of aryl methyl sites for hydroxylation is 1. The molecule has 0 atom stereocenters. The van der Waals surface area contributed by atoms with Crippen LogP contribution in [0.2, 0.25) is 5.02 Å². The van der Waals surface area contributed by atoms with E-state index in [1.54, 1.807) is 31.2 Å². The van der Waals surface area contributed by atoms with E-state index in [0.29, 0.717) is 19.9 Å². The lowest BCUT2D eigenvalue weighted by Gasteiger charge is -2.19. The molecule has 2 rings (SSSR count). The monoisotopic (exact) mass is 362 g/mol. The largest absolute Gasteiger partial charge is 0.476 e. The highest BCUT2D eigenvalue weighted by molar-refractivity contribution is 7.87. The van der Waals surface area contributed by atoms with Crippen molar-refractivity contribution in [3.05, 3.63) is 45.6 Å². The molecule has 0 radical (unpaired) electrons. The molecule has 0 spiro atoms. The van der Waals surface area contributed by atoms with Gasteiger partial charge in [0.1, 0.15) is 5.00 Å². The van der Waals surface area contributed by atoms with Crippen molar-refractivity contribution < 1.29 is 22.9 Å². The Labute approximate surface area is 135 Å². The first-order chi connectivity index (χ1) is 10.2. The number of rotatable bonds is 5. The summed E-state index contributed by atoms with van der Waals surface area (Å²) < 4.78 is 33.3. The molecule has 2 N–H and O–H groups in total. The van der Waals surface area contributed by atoms with Crippen LogP contribution in [0.5, 0.6) is 0 Å². The predicted octanol–water partition coefficient (Wildman–Crippen LogP) is 2.61. The van der Waals surface area contributed by atoms with Crippen molar-refractivity contribution in [3.63, 3.8) is 0 Å². The van der Waals surface area contributed by atoms with Crippen LogP contribution in [-0.4, -0.2) is 29.0 Å². The quantitative estimate of drug-likeness (QED) is 0.791. The van der Waals surface area contributed by atoms with Gasteiger partial charge in [0.15, 0.2) is 5.69 Å². The van der Waals surface area contributed by atoms with Crippen LogP contribution in [0, 0.1) is 6.92 Å². The van der Waals surface area contributed by atoms with Crippen molar-refractivity contribution in [2.24, 2.45) is 0 Å². The minimum absolute atomic E-state index is 0.151. The van der Waals surface area contributed by atoms with Crippen molar-refractivity contribution in [1.29, 1.82) is 0 Å². The standard InChI is InChI=1S/C12H11ClN2O5S2/c1-7-14-10(12(16)17)11(21-7)15(22(18,19)20)6-8-2-4-9(13)5-3-8/h2-5H,6H2,1H3,(H,16,17)(H,18,19,20). The third-order valence-electron chi connectivity index (χ3n) is 2.66. The Morgan fingerprint density at radius 1 is 1.36 bits per heavy atom. The Morgan fingerprint density at radius 3 is 2.45 bits per heavy atom. The predicted molar refractivity (Wildman–Crippen MR) is 83.0 cm³/mol. The number of halogens is 1. The molecular formula is C12H11ClN2O5S2. The molecule has 0 bridgehead atoms. The van der Waals surface area contributed by atoms with Gasteiger partial charge in [-0.15, -0.1) is 0 Å². The first-order valence-electron chi connectivity index (χ1n) is 5.89. The molecule has 0 amide bonds. The summed E-state index contributed by atoms with van der Waals surface area (Å²) in [6.45, 7) is 1.31. The van der Waals surface area contributed by atoms with E-state index in [-0.39, 0.29) is 11.5 Å². The van der Waals surface area contributed by atoms with Gasteiger partial charge in [0, 0.05) is 5.02 Å². The van der Waals surface area contributed by atoms with Gasteiger partial charge in [-0.3, -0.25) is 4.55 Å². The average Bonchev–Trinajstić information content (AvgIpc) is 2.78. The molecule has 0 fully saturated rings. The van der Waals surface area contributed by atoms with Crippen LogP contribution in [0.15, 0.2) is 24.3 Å². The molecule has 1 aromatic carbocycles. The number of hydrogen-bond acceptors (Lipinski definition) is 5. The normalized spacial score (nSPS) is 11.4. The van der Waals surface area contributed by atoms with Crippen LogP contribution >= 0.6 is 22.9 Å². The molecule has 1 heterocycles. The number of anilines is 1. The number of carboxylic acid groups (broad SMARTS) is 1. The molecule has 0 saturated heterocycles. The van der Waals surface area contributed by atoms with Crippen molar-refractivity contribution in [3.8, 4) is 0 Å². The van der Waals surface area contributed by atoms with Gasteiger partial charge in [0.2, 0.25) is 0 Å². The zero-order chi connectivity index (χ0) is 16.5. The number of carbonyl (C=O) groups is 1. The van der Waals surface area contributed by atoms with Crippen LogP contribution in [-0.2, 0) is 16.8 Å². The Balaban J connectivity index is 2.48. The Bertz CT molecular complexity index is 801. The van der Waals surface area contributed by atoms with Crippen LogP contribution in [0.3, 0.4) is 0 Å². The summed E-state index contributed by atoms with van der Waals surface area (Å²) in [6.07, 6.45) is 0. The summed E-state index contributed by atoms with van der Waals surface area (Å²) in [6, 6.07) is 6.29. The van der Waals surface area contributed by atoms with E-state index in [1.807, 2.05) is 0 Å². The van der Waals surface area contributed by atoms with Gasteiger partial charge in [0.05, 0.1) is 11.6 Å². The van der Waals surface area contributed by atoms with E-state index >= 15 is 0 Å². The topological polar surface area (TPSA) is 108 Å². The fraction of sp³-hybridized carbons (Fsp3) is 0.167. The van der Waals surface area contributed by atoms with Crippen LogP contribution in [0.1, 0.15) is 21.1 Å². The first-order valence-corrected chi connectivity index (χ1v) is 8.48. The third kappa shape index (κ3) is 3.74. The fourth-order valence-electron chi connectivity index (χ4n) is 1.74. The zero-order valence-electron chi connectivity index (χ0n) is 11.2. The Kier molecular flexibility index (Phi) is 4.71. The fourth-order valence-corrected chi connectivity index (χ4v) is 3.68. The van der Waals surface area contributed by atoms with Gasteiger partial charge >= 0.3 is 16.3 Å². The molecule has 1 aromatic heterocycles. The summed E-state index contributed by atoms with van der Waals surface area (Å²) in [5.41, 5.74) is 0.110. The molecule has 0 aliphatic heterocycles. The van der Waals surface area contributed by atoms with Crippen LogP contribution < -0.4 is 4.31 Å². The lowest BCUT2D eigenvalue weighted by atomic mass is 10.2. The molecule has 0 aliphatic carbocycles. The minimum atomic E-state index is -4.66. The molecule has 0 aliphatic rings. The van der Waals surface area contributed by atoms with Gasteiger partial charge in [0.25, 0.3) is 0 Å². The molecular weight excluding hydrogens is 352 g/mol. The van der Waals surface area contributed by atoms with Gasteiger partial charge in [-0.05, 0) is 24.6 Å². The maximum absolute atomic E-state index is 11.6. The van der Waals surface area contributed by atoms with E-state index in [2.05, 4.69) is 4.98 Å². The number of thiazole rings is 1. The second kappa shape index (κ2) is 6.21. The third-order valence-corrected chi connectivity index (χ3v) is 4.89. The number of aromatic nitrogens is 1. The van der Waals surface area contributed by atoms with Gasteiger partial charge in [-0.2, -0.15) is 8.42 Å². The zero-order valence-corrected chi connectivity index (χ0v) is 13.6. The van der Waals surface area contributed by atoms with Crippen molar-refractivity contribution in [2.45, 2.75) is 13.5 Å². The molecule has 22 heavy (non-hydrogen) atoms. The van der Waals surface area contributed by atoms with E-state index in [1.165, 1.54) is 0 Å². The summed E-state index contributed by atoms with van der Waals surface area (Å²) in [7, 11) is -4.66. The summed E-state index contributed by atoms with van der Waals surface area (Å²) in [4.78, 5) is 15.0. The molecule has 2 aromatic rings. The number of nitrogens with zero attached hydrogens (tertiary/aromatic N) is 2. The Morgan fingerprint density at radius 2 is 1.95 bits per heavy atom. The highest BCUT2D eigenvalue weighted by Crippen LogP contribution is 2.31. The number of benzene rings is 1. The van der Waals surface area contributed by atoms with Gasteiger partial charge in [-0.1, -0.05) is 35.1 Å². The number of carboxylic acids is 1. The summed E-state index contributed by atoms with van der Waals surface area (Å²) >= 11 is 6.63. The van der Waals surface area contributed by atoms with Gasteiger partial charge in [-0.25, -0.2) is 14.1 Å². The number of aromatic carboxylic acids is 1. The summed E-state index contributed by atoms with van der Waals surface area (Å²) in [5.74, 6) is -1.37. The Hall–Kier alpha value is -1.68. The van der Waals surface area contributed by atoms with E-state index in [4.69, 9.17) is 16.7 Å². The molecule has 0 saturated carbocycles. The van der Waals surface area contributed by atoms with Crippen LogP contribution in [0.25, 0.3) is 0 Å². The SMILES string of the molecule is Cc1nc(C(=O)O)c(N(Cc2ccc(Cl)cc2)S(=O)(=O)O)s1. The maximum atomic E-state index is 11.6. The molecule has 10 heteroatoms. The van der Waals surface area contributed by atoms with Crippen molar-refractivity contribution in [2.75, 3.05) is 4.31 Å². The maximum Gasteiger partial charge on any atom is 0.360 e. The van der Waals surface area contributed by atoms with Crippen LogP contribution in [0.4, 0.5) is 5.00 Å². The second-order valence-corrected chi connectivity index (χ2v) is 7.26. The number of hydrogen-bond donors (Lipinski definition) is 2. The highest BCUT2D eigenvalue weighted by Gasteiger charge is 2.28. The molecule has 7 nitrogen and oxygen atoms in total. The molecule has 0 unspecified atom stereocenters. The van der Waals surface area contributed by atoms with E-state index in [0.717, 1.165) is 11.3 Å². The van der Waals surface area contributed by atoms with E-state index < -0.39 is 22.0 Å². The average molecular weight is 363 g/mol. The highest BCUT2D eigenvalue weighted by atomic mass is 35.5. The first kappa shape index (κ1) is 16.7. The lowest BCUT2D eigenvalue weighted by Crippen LogP contribution is -2.30. The van der Waals surface area contributed by atoms with Gasteiger partial charge < -0.3 is 5.11 Å². The lowest BCUT2D eigenvalue weighted by molar-refractivity contribution is 0.0692. The smallest absolute Gasteiger partial charge is 0.360 e. The van der Waals surface area contributed by atoms with E-state index in [9.17, 15) is 17.8 Å². The second-order valence-electron chi connectivity index (χ2n) is 4.30. The summed E-state index contributed by atoms with van der Waals surface area (Å²) in [5, 5.41) is 9.82. The van der Waals surface area contributed by atoms with Crippen molar-refractivity contribution in [1.82, 2.24) is 4.98 Å². The van der Waals surface area contributed by atoms with Crippen molar-refractivity contribution >= 4 is 44.2 Å².